The largest absolute Gasteiger partial charge is 0.495 e. The highest BCUT2D eigenvalue weighted by Crippen LogP contribution is 2.48. The van der Waals surface area contributed by atoms with E-state index in [4.69, 9.17) is 18.9 Å². The van der Waals surface area contributed by atoms with E-state index in [-0.39, 0.29) is 10.8 Å². The Morgan fingerprint density at radius 1 is 1.03 bits per heavy atom. The van der Waals surface area contributed by atoms with Crippen LogP contribution in [0.1, 0.15) is 56.1 Å². The van der Waals surface area contributed by atoms with Crippen molar-refractivity contribution in [1.29, 1.82) is 0 Å². The summed E-state index contributed by atoms with van der Waals surface area (Å²) < 4.78 is 23.0. The molecule has 0 aliphatic carbocycles. The molecule has 1 heterocycles. The zero-order chi connectivity index (χ0) is 23.6. The van der Waals surface area contributed by atoms with Gasteiger partial charge in [-0.15, -0.1) is 0 Å². The lowest BCUT2D eigenvalue weighted by Crippen LogP contribution is -2.52. The van der Waals surface area contributed by atoms with E-state index >= 15 is 0 Å². The Labute approximate surface area is 191 Å². The van der Waals surface area contributed by atoms with Gasteiger partial charge in [0.25, 0.3) is 0 Å². The van der Waals surface area contributed by atoms with Crippen LogP contribution in [0, 0.1) is 10.8 Å². The number of ether oxygens (including phenoxy) is 4. The lowest BCUT2D eigenvalue weighted by molar-refractivity contribution is -0.350. The minimum Gasteiger partial charge on any atom is -0.495 e. The predicted molar refractivity (Wildman–Crippen MR) is 125 cm³/mol. The third-order valence-electron chi connectivity index (χ3n) is 5.76. The van der Waals surface area contributed by atoms with Crippen molar-refractivity contribution in [3.63, 3.8) is 0 Å². The van der Waals surface area contributed by atoms with Gasteiger partial charge in [0.05, 0.1) is 38.7 Å². The van der Waals surface area contributed by atoms with Gasteiger partial charge in [0.15, 0.2) is 5.79 Å². The lowest BCUT2D eigenvalue weighted by atomic mass is 9.79. The monoisotopic (exact) mass is 441 g/mol. The van der Waals surface area contributed by atoms with Crippen LogP contribution < -0.4 is 10.1 Å². The van der Waals surface area contributed by atoms with Crippen molar-refractivity contribution in [3.8, 4) is 5.75 Å². The van der Waals surface area contributed by atoms with E-state index in [2.05, 4.69) is 64.2 Å². The predicted octanol–water partition coefficient (Wildman–Crippen LogP) is 5.37. The van der Waals surface area contributed by atoms with Crippen LogP contribution in [0.15, 0.2) is 42.5 Å². The maximum absolute atomic E-state index is 11.7. The van der Waals surface area contributed by atoms with Crippen LogP contribution in [0.2, 0.25) is 0 Å². The van der Waals surface area contributed by atoms with Gasteiger partial charge in [-0.1, -0.05) is 58.9 Å². The van der Waals surface area contributed by atoms with Crippen LogP contribution in [-0.2, 0) is 26.5 Å². The quantitative estimate of drug-likeness (QED) is 0.608. The number of hydrogen-bond acceptors (Lipinski definition) is 6. The van der Waals surface area contributed by atoms with Crippen molar-refractivity contribution >= 4 is 11.7 Å². The number of rotatable bonds is 6. The fourth-order valence-electron chi connectivity index (χ4n) is 3.83. The highest BCUT2D eigenvalue weighted by molar-refractivity contribution is 5.90. The molecule has 3 rings (SSSR count). The number of hydrogen-bond donors (Lipinski definition) is 1. The smallest absolute Gasteiger partial charge is 0.337 e. The molecule has 0 atom stereocenters. The van der Waals surface area contributed by atoms with Gasteiger partial charge in [-0.2, -0.15) is 0 Å². The van der Waals surface area contributed by atoms with E-state index in [1.54, 1.807) is 19.2 Å². The van der Waals surface area contributed by atoms with Crippen molar-refractivity contribution < 1.29 is 23.7 Å². The van der Waals surface area contributed by atoms with Gasteiger partial charge >= 0.3 is 5.97 Å². The molecule has 0 spiro atoms. The lowest BCUT2D eigenvalue weighted by Gasteiger charge is -2.50. The summed E-state index contributed by atoms with van der Waals surface area (Å²) in [6, 6.07) is 13.5. The third kappa shape index (κ3) is 4.92. The number of methoxy groups -OCH3 is 2. The molecule has 0 bridgehead atoms. The standard InChI is InChI=1S/C26H35NO5/c1-24(2,3)26(31-16-25(4,5)17-32-26)20-11-8-18(9-12-20)15-27-21-13-10-19(23(28)30-7)14-22(21)29-6/h8-14,27H,15-17H2,1-7H3. The minimum absolute atomic E-state index is 0.00107. The number of esters is 1. The first-order chi connectivity index (χ1) is 15.0. The molecule has 2 aromatic carbocycles. The zero-order valence-corrected chi connectivity index (χ0v) is 20.2. The van der Waals surface area contributed by atoms with E-state index in [9.17, 15) is 4.79 Å². The third-order valence-corrected chi connectivity index (χ3v) is 5.76. The van der Waals surface area contributed by atoms with Crippen molar-refractivity contribution in [2.24, 2.45) is 10.8 Å². The Morgan fingerprint density at radius 2 is 1.66 bits per heavy atom. The van der Waals surface area contributed by atoms with Gasteiger partial charge < -0.3 is 24.3 Å². The second-order valence-electron chi connectivity index (χ2n) is 10.1. The molecule has 32 heavy (non-hydrogen) atoms. The van der Waals surface area contributed by atoms with Gasteiger partial charge in [-0.25, -0.2) is 4.79 Å². The first-order valence-corrected chi connectivity index (χ1v) is 10.9. The highest BCUT2D eigenvalue weighted by atomic mass is 16.7. The molecule has 6 nitrogen and oxygen atoms in total. The summed E-state index contributed by atoms with van der Waals surface area (Å²) in [6.07, 6.45) is 0. The molecule has 0 unspecified atom stereocenters. The Kier molecular flexibility index (Phi) is 6.86. The maximum atomic E-state index is 11.7. The van der Waals surface area contributed by atoms with E-state index in [1.807, 2.05) is 6.07 Å². The Balaban J connectivity index is 1.75. The summed E-state index contributed by atoms with van der Waals surface area (Å²) in [5, 5.41) is 3.37. The van der Waals surface area contributed by atoms with Crippen LogP contribution in [0.4, 0.5) is 5.69 Å². The van der Waals surface area contributed by atoms with Crippen molar-refractivity contribution in [2.75, 3.05) is 32.8 Å². The Hall–Kier alpha value is -2.57. The molecule has 0 amide bonds. The fourth-order valence-corrected chi connectivity index (χ4v) is 3.83. The number of carbonyl (C=O) groups excluding carboxylic acids is 1. The molecule has 1 N–H and O–H groups in total. The van der Waals surface area contributed by atoms with Crippen LogP contribution in [-0.4, -0.2) is 33.4 Å². The van der Waals surface area contributed by atoms with Gasteiger partial charge in [0.1, 0.15) is 5.75 Å². The van der Waals surface area contributed by atoms with Gasteiger partial charge in [0, 0.05) is 22.9 Å². The summed E-state index contributed by atoms with van der Waals surface area (Å²) in [5.74, 6) is -0.585. The molecule has 0 aromatic heterocycles. The summed E-state index contributed by atoms with van der Waals surface area (Å²) in [7, 11) is 2.94. The van der Waals surface area contributed by atoms with Crippen LogP contribution in [0.5, 0.6) is 5.75 Å². The number of anilines is 1. The molecule has 0 saturated carbocycles. The summed E-state index contributed by atoms with van der Waals surface area (Å²) in [4.78, 5) is 11.7. The fraction of sp³-hybridized carbons (Fsp3) is 0.500. The zero-order valence-electron chi connectivity index (χ0n) is 20.2. The summed E-state index contributed by atoms with van der Waals surface area (Å²) in [5.41, 5.74) is 3.15. The molecule has 1 fully saturated rings. The van der Waals surface area contributed by atoms with Gasteiger partial charge in [-0.3, -0.25) is 0 Å². The molecule has 1 aliphatic heterocycles. The number of benzene rings is 2. The van der Waals surface area contributed by atoms with E-state index in [1.165, 1.54) is 7.11 Å². The first kappa shape index (κ1) is 24.1. The molecule has 6 heteroatoms. The maximum Gasteiger partial charge on any atom is 0.337 e. The van der Waals surface area contributed by atoms with Gasteiger partial charge in [0.2, 0.25) is 0 Å². The molecule has 1 aliphatic rings. The average molecular weight is 442 g/mol. The molecular weight excluding hydrogens is 406 g/mol. The number of nitrogens with one attached hydrogen (secondary N) is 1. The van der Waals surface area contributed by atoms with E-state index in [0.29, 0.717) is 31.1 Å². The summed E-state index contributed by atoms with van der Waals surface area (Å²) >= 11 is 0. The molecule has 0 radical (unpaired) electrons. The SMILES string of the molecule is COC(=O)c1ccc(NCc2ccc(C3(C(C)(C)C)OCC(C)(C)CO3)cc2)c(OC)c1. The normalized spacial score (nSPS) is 17.5. The van der Waals surface area contributed by atoms with Crippen molar-refractivity contribution in [2.45, 2.75) is 47.0 Å². The molecular formula is C26H35NO5. The Bertz CT molecular complexity index is 934. The minimum atomic E-state index is -0.776. The van der Waals surface area contributed by atoms with Crippen LogP contribution in [0.25, 0.3) is 0 Å². The van der Waals surface area contributed by atoms with Crippen molar-refractivity contribution in [1.82, 2.24) is 0 Å². The van der Waals surface area contributed by atoms with Crippen molar-refractivity contribution in [3.05, 3.63) is 59.2 Å². The Morgan fingerprint density at radius 3 is 2.19 bits per heavy atom. The summed E-state index contributed by atoms with van der Waals surface area (Å²) in [6.45, 7) is 12.6. The molecule has 174 valence electrons. The molecule has 1 saturated heterocycles. The second kappa shape index (κ2) is 9.12. The topological polar surface area (TPSA) is 66.0 Å². The van der Waals surface area contributed by atoms with E-state index < -0.39 is 11.8 Å². The number of carbonyl (C=O) groups is 1. The van der Waals surface area contributed by atoms with Gasteiger partial charge in [-0.05, 0) is 23.8 Å². The average Bonchev–Trinajstić information content (AvgIpc) is 2.76. The second-order valence-corrected chi connectivity index (χ2v) is 10.1. The van der Waals surface area contributed by atoms with E-state index in [0.717, 1.165) is 16.8 Å². The van der Waals surface area contributed by atoms with Crippen LogP contribution >= 0.6 is 0 Å². The van der Waals surface area contributed by atoms with Crippen LogP contribution in [0.3, 0.4) is 0 Å². The first-order valence-electron chi connectivity index (χ1n) is 10.9. The molecule has 2 aromatic rings. The highest BCUT2D eigenvalue weighted by Gasteiger charge is 2.50.